The van der Waals surface area contributed by atoms with Gasteiger partial charge in [-0.05, 0) is 30.5 Å². The highest BCUT2D eigenvalue weighted by Gasteiger charge is 2.06. The summed E-state index contributed by atoms with van der Waals surface area (Å²) in [6, 6.07) is 0. The maximum Gasteiger partial charge on any atom is 0.224 e. The summed E-state index contributed by atoms with van der Waals surface area (Å²) in [5, 5.41) is 12.6. The van der Waals surface area contributed by atoms with Crippen molar-refractivity contribution in [3.8, 4) is 5.75 Å². The van der Waals surface area contributed by atoms with Gasteiger partial charge in [0.1, 0.15) is 0 Å². The van der Waals surface area contributed by atoms with E-state index in [1.807, 2.05) is 12.2 Å². The van der Waals surface area contributed by atoms with Gasteiger partial charge in [-0.1, -0.05) is 12.2 Å². The molecular weight excluding hydrogens is 214 g/mol. The first kappa shape index (κ1) is 9.98. The Labute approximate surface area is 92.3 Å². The Morgan fingerprint density at radius 2 is 2.27 bits per heavy atom. The highest BCUT2D eigenvalue weighted by molar-refractivity contribution is 6.28. The second kappa shape index (κ2) is 4.31. The summed E-state index contributed by atoms with van der Waals surface area (Å²) in [5.41, 5.74) is 0.909. The van der Waals surface area contributed by atoms with Crippen molar-refractivity contribution in [2.45, 2.75) is 12.8 Å². The van der Waals surface area contributed by atoms with Crippen LogP contribution in [-0.2, 0) is 0 Å². The van der Waals surface area contributed by atoms with Crippen LogP contribution in [0.1, 0.15) is 12.8 Å². The predicted molar refractivity (Wildman–Crippen MR) is 58.8 cm³/mol. The van der Waals surface area contributed by atoms with E-state index in [4.69, 9.17) is 11.6 Å². The Hall–Kier alpha value is -1.55. The molecule has 1 aliphatic rings. The molecule has 5 heteroatoms. The lowest BCUT2D eigenvalue weighted by Gasteiger charge is -2.10. The van der Waals surface area contributed by atoms with Gasteiger partial charge >= 0.3 is 0 Å². The molecule has 0 bridgehead atoms. The van der Waals surface area contributed by atoms with Crippen molar-refractivity contribution >= 4 is 17.4 Å². The monoisotopic (exact) mass is 223 g/mol. The van der Waals surface area contributed by atoms with Crippen LogP contribution < -0.4 is 5.32 Å². The van der Waals surface area contributed by atoms with Crippen LogP contribution in [0.15, 0.2) is 30.1 Å². The largest absolute Gasteiger partial charge is 0.503 e. The minimum absolute atomic E-state index is 0.0146. The number of halogens is 1. The molecule has 0 radical (unpaired) electrons. The maximum absolute atomic E-state index is 9.47. The molecule has 78 valence electrons. The summed E-state index contributed by atoms with van der Waals surface area (Å²) < 4.78 is 0. The third-order valence-electron chi connectivity index (χ3n) is 2.00. The van der Waals surface area contributed by atoms with E-state index in [1.54, 1.807) is 0 Å². The summed E-state index contributed by atoms with van der Waals surface area (Å²) >= 11 is 5.62. The molecule has 0 fully saturated rings. The molecule has 4 nitrogen and oxygen atoms in total. The molecule has 0 aliphatic heterocycles. The van der Waals surface area contributed by atoms with Crippen LogP contribution in [0.2, 0.25) is 5.28 Å². The van der Waals surface area contributed by atoms with Crippen molar-refractivity contribution in [2.24, 2.45) is 0 Å². The minimum Gasteiger partial charge on any atom is -0.503 e. The van der Waals surface area contributed by atoms with Gasteiger partial charge in [0.25, 0.3) is 0 Å². The predicted octanol–water partition coefficient (Wildman–Crippen LogP) is 2.48. The van der Waals surface area contributed by atoms with Crippen LogP contribution in [-0.4, -0.2) is 15.1 Å². The van der Waals surface area contributed by atoms with Gasteiger partial charge in [-0.15, -0.1) is 0 Å². The van der Waals surface area contributed by atoms with Crippen molar-refractivity contribution in [3.63, 3.8) is 0 Å². The zero-order valence-corrected chi connectivity index (χ0v) is 8.70. The number of hydrogen-bond donors (Lipinski definition) is 2. The van der Waals surface area contributed by atoms with E-state index >= 15 is 0 Å². The average Bonchev–Trinajstić information content (AvgIpc) is 2.25. The Balaban J connectivity index is 2.20. The molecule has 1 aromatic rings. The van der Waals surface area contributed by atoms with Crippen molar-refractivity contribution in [1.82, 2.24) is 9.97 Å². The molecule has 0 saturated heterocycles. The Bertz CT molecular complexity index is 429. The number of aromatic hydroxyl groups is 1. The van der Waals surface area contributed by atoms with Crippen LogP contribution in [0.4, 0.5) is 5.82 Å². The van der Waals surface area contributed by atoms with E-state index in [1.165, 1.54) is 6.20 Å². The van der Waals surface area contributed by atoms with Gasteiger partial charge in [0.2, 0.25) is 5.28 Å². The fourth-order valence-corrected chi connectivity index (χ4v) is 1.42. The van der Waals surface area contributed by atoms with Crippen LogP contribution in [0, 0.1) is 0 Å². The lowest BCUT2D eigenvalue weighted by Crippen LogP contribution is -2.02. The summed E-state index contributed by atoms with van der Waals surface area (Å²) in [5.74, 6) is 0.312. The molecule has 15 heavy (non-hydrogen) atoms. The summed E-state index contributed by atoms with van der Waals surface area (Å²) in [7, 11) is 0. The minimum atomic E-state index is -0.0146. The number of rotatable bonds is 2. The SMILES string of the molecule is Oc1cnc(Cl)nc1NC1=CCCC=C1. The summed E-state index contributed by atoms with van der Waals surface area (Å²) in [6.45, 7) is 0. The average molecular weight is 224 g/mol. The van der Waals surface area contributed by atoms with Crippen LogP contribution >= 0.6 is 11.6 Å². The van der Waals surface area contributed by atoms with Gasteiger partial charge in [0, 0.05) is 5.70 Å². The molecule has 0 spiro atoms. The van der Waals surface area contributed by atoms with E-state index in [0.29, 0.717) is 5.82 Å². The second-order valence-corrected chi connectivity index (χ2v) is 3.48. The van der Waals surface area contributed by atoms with Gasteiger partial charge < -0.3 is 10.4 Å². The second-order valence-electron chi connectivity index (χ2n) is 3.14. The fraction of sp³-hybridized carbons (Fsp3) is 0.200. The Morgan fingerprint density at radius 1 is 1.40 bits per heavy atom. The number of allylic oxidation sites excluding steroid dienone is 3. The zero-order valence-electron chi connectivity index (χ0n) is 7.94. The van der Waals surface area contributed by atoms with Crippen LogP contribution in [0.5, 0.6) is 5.75 Å². The van der Waals surface area contributed by atoms with Crippen LogP contribution in [0.3, 0.4) is 0 Å². The normalized spacial score (nSPS) is 14.9. The number of nitrogens with zero attached hydrogens (tertiary/aromatic N) is 2. The Kier molecular flexibility index (Phi) is 2.87. The summed E-state index contributed by atoms with van der Waals surface area (Å²) in [4.78, 5) is 7.54. The smallest absolute Gasteiger partial charge is 0.224 e. The standard InChI is InChI=1S/C10H10ClN3O/c11-10-12-6-8(15)9(14-10)13-7-4-2-1-3-5-7/h2,4-6,15H,1,3H2,(H,12,13,14). The van der Waals surface area contributed by atoms with Crippen molar-refractivity contribution in [2.75, 3.05) is 5.32 Å². The Morgan fingerprint density at radius 3 is 3.00 bits per heavy atom. The molecule has 0 amide bonds. The molecule has 2 N–H and O–H groups in total. The van der Waals surface area contributed by atoms with Gasteiger partial charge in [-0.2, -0.15) is 4.98 Å². The van der Waals surface area contributed by atoms with E-state index in [0.717, 1.165) is 18.5 Å². The van der Waals surface area contributed by atoms with Crippen LogP contribution in [0.25, 0.3) is 0 Å². The fourth-order valence-electron chi connectivity index (χ4n) is 1.29. The molecule has 0 unspecified atom stereocenters. The lowest BCUT2D eigenvalue weighted by molar-refractivity contribution is 0.472. The van der Waals surface area contributed by atoms with E-state index in [2.05, 4.69) is 21.4 Å². The molecule has 0 aromatic carbocycles. The molecule has 2 rings (SSSR count). The van der Waals surface area contributed by atoms with E-state index < -0.39 is 0 Å². The maximum atomic E-state index is 9.47. The third-order valence-corrected chi connectivity index (χ3v) is 2.18. The number of nitrogens with one attached hydrogen (secondary N) is 1. The quantitative estimate of drug-likeness (QED) is 0.757. The highest BCUT2D eigenvalue weighted by atomic mass is 35.5. The highest BCUT2D eigenvalue weighted by Crippen LogP contribution is 2.23. The van der Waals surface area contributed by atoms with Gasteiger partial charge in [-0.3, -0.25) is 0 Å². The summed E-state index contributed by atoms with van der Waals surface area (Å²) in [6.07, 6.45) is 9.33. The lowest BCUT2D eigenvalue weighted by atomic mass is 10.1. The number of aromatic nitrogens is 2. The van der Waals surface area contributed by atoms with Gasteiger partial charge in [-0.25, -0.2) is 4.98 Å². The molecule has 1 heterocycles. The zero-order chi connectivity index (χ0) is 10.7. The third kappa shape index (κ3) is 2.47. The topological polar surface area (TPSA) is 58.0 Å². The van der Waals surface area contributed by atoms with Crippen molar-refractivity contribution in [1.29, 1.82) is 0 Å². The molecule has 0 atom stereocenters. The number of anilines is 1. The molecule has 1 aromatic heterocycles. The first-order chi connectivity index (χ1) is 7.25. The molecule has 0 saturated carbocycles. The van der Waals surface area contributed by atoms with E-state index in [9.17, 15) is 5.11 Å². The first-order valence-electron chi connectivity index (χ1n) is 4.61. The molecular formula is C10H10ClN3O. The van der Waals surface area contributed by atoms with Gasteiger partial charge in [0.15, 0.2) is 11.6 Å². The van der Waals surface area contributed by atoms with Gasteiger partial charge in [0.05, 0.1) is 6.20 Å². The number of hydrogen-bond acceptors (Lipinski definition) is 4. The van der Waals surface area contributed by atoms with Crippen molar-refractivity contribution in [3.05, 3.63) is 35.4 Å². The first-order valence-corrected chi connectivity index (χ1v) is 4.99. The molecule has 1 aliphatic carbocycles. The van der Waals surface area contributed by atoms with Crippen molar-refractivity contribution < 1.29 is 5.11 Å². The van der Waals surface area contributed by atoms with E-state index in [-0.39, 0.29) is 11.0 Å².